The fraction of sp³-hybridized carbons (Fsp3) is 0.125. The molecule has 0 aliphatic carbocycles. The Morgan fingerprint density at radius 1 is 1.16 bits per heavy atom. The molecule has 2 aromatic heterocycles. The first kappa shape index (κ1) is 20.5. The zero-order chi connectivity index (χ0) is 21.5. The Bertz CT molecular complexity index is 1220. The number of aryl methyl sites for hydroxylation is 1. The quantitative estimate of drug-likeness (QED) is 0.359. The van der Waals surface area contributed by atoms with Gasteiger partial charge < -0.3 is 5.32 Å². The third-order valence-electron chi connectivity index (χ3n) is 4.66. The van der Waals surface area contributed by atoms with E-state index in [0.29, 0.717) is 22.7 Å². The maximum absolute atomic E-state index is 12.7. The summed E-state index contributed by atoms with van der Waals surface area (Å²) >= 11 is 6.06. The number of aromatic amines is 1. The van der Waals surface area contributed by atoms with E-state index in [1.54, 1.807) is 41.3 Å². The van der Waals surface area contributed by atoms with Crippen LogP contribution < -0.4 is 5.32 Å². The summed E-state index contributed by atoms with van der Waals surface area (Å²) in [6, 6.07) is 14.6. The van der Waals surface area contributed by atoms with Crippen LogP contribution in [0.15, 0.2) is 73.3 Å². The molecule has 2 N–H and O–H groups in total. The average Bonchev–Trinajstić information content (AvgIpc) is 3.49. The lowest BCUT2D eigenvalue weighted by atomic mass is 10.1. The second-order valence-electron chi connectivity index (χ2n) is 6.91. The summed E-state index contributed by atoms with van der Waals surface area (Å²) in [7, 11) is 0. The smallest absolute Gasteiger partial charge is 0.251 e. The molecular formula is C24H20ClN5O. The zero-order valence-corrected chi connectivity index (χ0v) is 17.4. The van der Waals surface area contributed by atoms with Gasteiger partial charge in [-0.1, -0.05) is 29.5 Å². The Hall–Kier alpha value is -3.82. The van der Waals surface area contributed by atoms with Crippen molar-refractivity contribution in [2.75, 3.05) is 6.54 Å². The Morgan fingerprint density at radius 3 is 2.87 bits per heavy atom. The molecule has 0 radical (unpaired) electrons. The van der Waals surface area contributed by atoms with Crippen LogP contribution >= 0.6 is 11.6 Å². The summed E-state index contributed by atoms with van der Waals surface area (Å²) in [5, 5.41) is 14.6. The highest BCUT2D eigenvalue weighted by atomic mass is 35.5. The van der Waals surface area contributed by atoms with E-state index in [0.717, 1.165) is 29.7 Å². The number of amides is 1. The number of H-pyrrole nitrogens is 1. The number of carbonyl (C=O) groups excluding carboxylic acids is 1. The third kappa shape index (κ3) is 5.41. The summed E-state index contributed by atoms with van der Waals surface area (Å²) < 4.78 is 1.73. The van der Waals surface area contributed by atoms with Crippen molar-refractivity contribution >= 4 is 17.5 Å². The molecule has 0 saturated carbocycles. The zero-order valence-electron chi connectivity index (χ0n) is 16.7. The first-order valence-electron chi connectivity index (χ1n) is 9.86. The van der Waals surface area contributed by atoms with Gasteiger partial charge >= 0.3 is 0 Å². The van der Waals surface area contributed by atoms with E-state index in [9.17, 15) is 4.79 Å². The molecule has 0 saturated heterocycles. The number of hydrogen-bond acceptors (Lipinski definition) is 3. The van der Waals surface area contributed by atoms with Crippen LogP contribution in [0.2, 0.25) is 5.02 Å². The fourth-order valence-corrected chi connectivity index (χ4v) is 3.30. The summed E-state index contributed by atoms with van der Waals surface area (Å²) in [6.45, 7) is 0.578. The van der Waals surface area contributed by atoms with Crippen LogP contribution in [0.1, 0.15) is 33.5 Å². The van der Waals surface area contributed by atoms with E-state index in [2.05, 4.69) is 32.5 Å². The van der Waals surface area contributed by atoms with Crippen LogP contribution in [0.4, 0.5) is 0 Å². The van der Waals surface area contributed by atoms with E-state index in [-0.39, 0.29) is 5.91 Å². The highest BCUT2D eigenvalue weighted by Gasteiger charge is 2.10. The van der Waals surface area contributed by atoms with Crippen LogP contribution in [0, 0.1) is 11.8 Å². The Labute approximate surface area is 185 Å². The molecular weight excluding hydrogens is 410 g/mol. The monoisotopic (exact) mass is 429 g/mol. The van der Waals surface area contributed by atoms with E-state index in [4.69, 9.17) is 11.6 Å². The van der Waals surface area contributed by atoms with Gasteiger partial charge in [-0.3, -0.25) is 9.89 Å². The number of rotatable bonds is 6. The number of hydrogen-bond donors (Lipinski definition) is 2. The third-order valence-corrected chi connectivity index (χ3v) is 4.89. The van der Waals surface area contributed by atoms with Crippen LogP contribution in [0.3, 0.4) is 0 Å². The Balaban J connectivity index is 1.52. The van der Waals surface area contributed by atoms with Crippen molar-refractivity contribution in [2.45, 2.75) is 12.8 Å². The van der Waals surface area contributed by atoms with E-state index in [1.165, 1.54) is 0 Å². The van der Waals surface area contributed by atoms with Crippen molar-refractivity contribution in [3.8, 4) is 17.5 Å². The molecule has 0 aliphatic heterocycles. The van der Waals surface area contributed by atoms with E-state index in [1.807, 2.05) is 36.7 Å². The lowest BCUT2D eigenvalue weighted by molar-refractivity contribution is 0.0953. The SMILES string of the molecule is O=C(NCCCc1cn[nH]c1)c1ccc(-n2cccn2)c(C#Cc2cccc(Cl)c2)c1. The molecule has 0 aliphatic rings. The lowest BCUT2D eigenvalue weighted by Crippen LogP contribution is -2.25. The van der Waals surface area contributed by atoms with Gasteiger partial charge in [0.1, 0.15) is 0 Å². The van der Waals surface area contributed by atoms with E-state index >= 15 is 0 Å². The summed E-state index contributed by atoms with van der Waals surface area (Å²) in [4.78, 5) is 12.7. The second kappa shape index (κ2) is 9.79. The number of benzene rings is 2. The van der Waals surface area contributed by atoms with Gasteiger partial charge in [0.15, 0.2) is 0 Å². The molecule has 31 heavy (non-hydrogen) atoms. The minimum absolute atomic E-state index is 0.134. The van der Waals surface area contributed by atoms with Crippen molar-refractivity contribution in [1.82, 2.24) is 25.3 Å². The summed E-state index contributed by atoms with van der Waals surface area (Å²) in [5.41, 5.74) is 3.98. The van der Waals surface area contributed by atoms with Gasteiger partial charge in [-0.15, -0.1) is 0 Å². The lowest BCUT2D eigenvalue weighted by Gasteiger charge is -2.09. The first-order chi connectivity index (χ1) is 15.2. The van der Waals surface area contributed by atoms with Gasteiger partial charge in [0.05, 0.1) is 17.4 Å². The van der Waals surface area contributed by atoms with Crippen LogP contribution in [0.5, 0.6) is 0 Å². The number of carbonyl (C=O) groups is 1. The predicted molar refractivity (Wildman–Crippen MR) is 120 cm³/mol. The normalized spacial score (nSPS) is 10.4. The van der Waals surface area contributed by atoms with Crippen molar-refractivity contribution in [3.05, 3.63) is 101 Å². The highest BCUT2D eigenvalue weighted by Crippen LogP contribution is 2.16. The standard InChI is InChI=1S/C24H20ClN5O/c25-22-6-1-4-18(14-22)7-8-20-15-21(9-10-23(20)30-13-3-12-29-30)24(31)26-11-2-5-19-16-27-28-17-19/h1,3-4,6,9-10,12-17H,2,5,11H2,(H,26,31)(H,27,28). The topological polar surface area (TPSA) is 75.6 Å². The number of halogens is 1. The minimum Gasteiger partial charge on any atom is -0.352 e. The van der Waals surface area contributed by atoms with Gasteiger partial charge in [0.2, 0.25) is 0 Å². The van der Waals surface area contributed by atoms with Crippen molar-refractivity contribution in [3.63, 3.8) is 0 Å². The first-order valence-corrected chi connectivity index (χ1v) is 10.2. The van der Waals surface area contributed by atoms with Gasteiger partial charge in [0, 0.05) is 41.3 Å². The van der Waals surface area contributed by atoms with Crippen LogP contribution in [0.25, 0.3) is 5.69 Å². The second-order valence-corrected chi connectivity index (χ2v) is 7.35. The minimum atomic E-state index is -0.134. The molecule has 4 aromatic rings. The molecule has 7 heteroatoms. The highest BCUT2D eigenvalue weighted by molar-refractivity contribution is 6.30. The van der Waals surface area contributed by atoms with Crippen molar-refractivity contribution in [1.29, 1.82) is 0 Å². The molecule has 4 rings (SSSR count). The molecule has 0 atom stereocenters. The molecule has 154 valence electrons. The van der Waals surface area contributed by atoms with Gasteiger partial charge in [-0.05, 0) is 60.9 Å². The fourth-order valence-electron chi connectivity index (χ4n) is 3.11. The van der Waals surface area contributed by atoms with Gasteiger partial charge in [0.25, 0.3) is 5.91 Å². The van der Waals surface area contributed by atoms with Crippen molar-refractivity contribution in [2.24, 2.45) is 0 Å². The summed E-state index contributed by atoms with van der Waals surface area (Å²) in [5.74, 6) is 6.15. The number of aromatic nitrogens is 4. The number of nitrogens with one attached hydrogen (secondary N) is 2. The van der Waals surface area contributed by atoms with Crippen molar-refractivity contribution < 1.29 is 4.79 Å². The average molecular weight is 430 g/mol. The van der Waals surface area contributed by atoms with Crippen LogP contribution in [-0.4, -0.2) is 32.4 Å². The van der Waals surface area contributed by atoms with E-state index < -0.39 is 0 Å². The Morgan fingerprint density at radius 2 is 2.10 bits per heavy atom. The molecule has 6 nitrogen and oxygen atoms in total. The predicted octanol–water partition coefficient (Wildman–Crippen LogP) is 4.01. The maximum atomic E-state index is 12.7. The molecule has 2 heterocycles. The molecule has 2 aromatic carbocycles. The largest absolute Gasteiger partial charge is 0.352 e. The van der Waals surface area contributed by atoms with Crippen LogP contribution in [-0.2, 0) is 6.42 Å². The molecule has 0 unspecified atom stereocenters. The molecule has 0 spiro atoms. The molecule has 0 bridgehead atoms. The molecule has 0 fully saturated rings. The summed E-state index contributed by atoms with van der Waals surface area (Å²) in [6.07, 6.45) is 8.88. The van der Waals surface area contributed by atoms with Gasteiger partial charge in [-0.25, -0.2) is 4.68 Å². The van der Waals surface area contributed by atoms with Gasteiger partial charge in [-0.2, -0.15) is 10.2 Å². The number of nitrogens with zero attached hydrogens (tertiary/aromatic N) is 3. The molecule has 1 amide bonds. The maximum Gasteiger partial charge on any atom is 0.251 e. The Kier molecular flexibility index (Phi) is 6.46.